The molecule has 2 aromatic heterocycles. The third-order valence-corrected chi connectivity index (χ3v) is 4.20. The summed E-state index contributed by atoms with van der Waals surface area (Å²) in [6, 6.07) is 5.02. The Morgan fingerprint density at radius 2 is 2.29 bits per heavy atom. The Kier molecular flexibility index (Phi) is 4.84. The summed E-state index contributed by atoms with van der Waals surface area (Å²) in [5.41, 5.74) is 0.577. The zero-order valence-electron chi connectivity index (χ0n) is 12.6. The lowest BCUT2D eigenvalue weighted by Crippen LogP contribution is -2.04. The minimum Gasteiger partial charge on any atom is -0.490 e. The maximum atomic E-state index is 11.3. The Labute approximate surface area is 145 Å². The van der Waals surface area contributed by atoms with Crippen LogP contribution in [0.25, 0.3) is 4.96 Å². The van der Waals surface area contributed by atoms with Crippen molar-refractivity contribution in [1.82, 2.24) is 9.38 Å². The van der Waals surface area contributed by atoms with Crippen LogP contribution in [-0.4, -0.2) is 34.6 Å². The van der Waals surface area contributed by atoms with E-state index < -0.39 is 4.92 Å². The van der Waals surface area contributed by atoms with Gasteiger partial charge in [-0.1, -0.05) is 22.9 Å². The standard InChI is InChI=1S/C14H13ClN4O4S/c1-22-5-6-23-11-3-2-9(8-10(11)15)16-12-13(19(20)21)18-4-7-24-14(18)17-12/h2-4,7-8,16H,5-6H2,1H3. The van der Waals surface area contributed by atoms with E-state index in [9.17, 15) is 10.1 Å². The number of nitrogens with one attached hydrogen (secondary N) is 1. The summed E-state index contributed by atoms with van der Waals surface area (Å²) >= 11 is 7.49. The molecule has 0 aliphatic heterocycles. The average molecular weight is 369 g/mol. The van der Waals surface area contributed by atoms with Gasteiger partial charge in [-0.3, -0.25) is 0 Å². The van der Waals surface area contributed by atoms with Crippen LogP contribution in [0.5, 0.6) is 5.75 Å². The third kappa shape index (κ3) is 3.28. The minimum absolute atomic E-state index is 0.122. The second-order valence-electron chi connectivity index (χ2n) is 4.71. The highest BCUT2D eigenvalue weighted by atomic mass is 35.5. The molecular formula is C14H13ClN4O4S. The molecule has 1 N–H and O–H groups in total. The van der Waals surface area contributed by atoms with Crippen molar-refractivity contribution in [2.45, 2.75) is 0 Å². The van der Waals surface area contributed by atoms with Crippen LogP contribution in [0.1, 0.15) is 0 Å². The van der Waals surface area contributed by atoms with Crippen molar-refractivity contribution < 1.29 is 14.4 Å². The third-order valence-electron chi connectivity index (χ3n) is 3.15. The van der Waals surface area contributed by atoms with Gasteiger partial charge in [-0.25, -0.2) is 0 Å². The van der Waals surface area contributed by atoms with E-state index in [2.05, 4.69) is 10.3 Å². The highest BCUT2D eigenvalue weighted by molar-refractivity contribution is 7.15. The SMILES string of the molecule is COCCOc1ccc(Nc2nc3sccn3c2[N+](=O)[O-])cc1Cl. The van der Waals surface area contributed by atoms with Gasteiger partial charge in [0.15, 0.2) is 0 Å². The van der Waals surface area contributed by atoms with E-state index in [1.807, 2.05) is 0 Å². The number of imidazole rings is 1. The largest absolute Gasteiger partial charge is 0.490 e. The molecule has 1 aromatic carbocycles. The number of nitrogens with zero attached hydrogens (tertiary/aromatic N) is 3. The quantitative estimate of drug-likeness (QED) is 0.388. The molecule has 10 heteroatoms. The van der Waals surface area contributed by atoms with Crippen molar-refractivity contribution >= 4 is 45.2 Å². The average Bonchev–Trinajstić information content (AvgIpc) is 3.09. The number of rotatable bonds is 7. The van der Waals surface area contributed by atoms with E-state index in [-0.39, 0.29) is 11.6 Å². The lowest BCUT2D eigenvalue weighted by atomic mass is 10.3. The zero-order chi connectivity index (χ0) is 17.1. The lowest BCUT2D eigenvalue weighted by Gasteiger charge is -2.09. The van der Waals surface area contributed by atoms with E-state index in [1.165, 1.54) is 15.7 Å². The fourth-order valence-corrected chi connectivity index (χ4v) is 3.04. The monoisotopic (exact) mass is 368 g/mol. The summed E-state index contributed by atoms with van der Waals surface area (Å²) in [6.07, 6.45) is 1.61. The van der Waals surface area contributed by atoms with Crippen molar-refractivity contribution in [2.24, 2.45) is 0 Å². The molecule has 0 aliphatic rings. The van der Waals surface area contributed by atoms with Crippen LogP contribution in [0, 0.1) is 10.1 Å². The van der Waals surface area contributed by atoms with Crippen LogP contribution in [0.4, 0.5) is 17.3 Å². The van der Waals surface area contributed by atoms with Gasteiger partial charge in [0.25, 0.3) is 4.96 Å². The number of hydrogen-bond donors (Lipinski definition) is 1. The summed E-state index contributed by atoms with van der Waals surface area (Å²) in [5, 5.41) is 16.4. The smallest absolute Gasteiger partial charge is 0.373 e. The normalized spacial score (nSPS) is 10.9. The molecule has 3 aromatic rings. The van der Waals surface area contributed by atoms with Gasteiger partial charge in [-0.05, 0) is 23.1 Å². The zero-order valence-corrected chi connectivity index (χ0v) is 14.1. The van der Waals surface area contributed by atoms with E-state index in [4.69, 9.17) is 21.1 Å². The first-order chi connectivity index (χ1) is 11.6. The first-order valence-corrected chi connectivity index (χ1v) is 8.14. The molecule has 2 heterocycles. The van der Waals surface area contributed by atoms with Crippen molar-refractivity contribution in [3.63, 3.8) is 0 Å². The molecule has 0 saturated heterocycles. The van der Waals surface area contributed by atoms with E-state index in [0.717, 1.165) is 0 Å². The van der Waals surface area contributed by atoms with Crippen molar-refractivity contribution in [3.8, 4) is 5.75 Å². The molecule has 126 valence electrons. The number of methoxy groups -OCH3 is 1. The molecule has 24 heavy (non-hydrogen) atoms. The number of thiazole rings is 1. The van der Waals surface area contributed by atoms with Crippen LogP contribution in [-0.2, 0) is 4.74 Å². The molecule has 0 saturated carbocycles. The van der Waals surface area contributed by atoms with E-state index in [1.54, 1.807) is 36.9 Å². The Hall–Kier alpha value is -2.36. The number of nitro groups is 1. The van der Waals surface area contributed by atoms with Gasteiger partial charge >= 0.3 is 5.82 Å². The minimum atomic E-state index is -0.473. The van der Waals surface area contributed by atoms with E-state index >= 15 is 0 Å². The number of anilines is 2. The molecule has 0 aliphatic carbocycles. The number of ether oxygens (including phenoxy) is 2. The number of fused-ring (bicyclic) bond motifs is 1. The van der Waals surface area contributed by atoms with Crippen molar-refractivity contribution in [2.75, 3.05) is 25.6 Å². The number of benzene rings is 1. The topological polar surface area (TPSA) is 90.9 Å². The molecule has 3 rings (SSSR count). The van der Waals surface area contributed by atoms with Gasteiger partial charge in [0, 0.05) is 18.2 Å². The first-order valence-electron chi connectivity index (χ1n) is 6.88. The highest BCUT2D eigenvalue weighted by Gasteiger charge is 2.23. The fourth-order valence-electron chi connectivity index (χ4n) is 2.10. The Balaban J connectivity index is 1.83. The molecule has 8 nitrogen and oxygen atoms in total. The van der Waals surface area contributed by atoms with Gasteiger partial charge < -0.3 is 24.9 Å². The van der Waals surface area contributed by atoms with Gasteiger partial charge in [-0.2, -0.15) is 9.38 Å². The van der Waals surface area contributed by atoms with Gasteiger partial charge in [0.1, 0.15) is 18.6 Å². The summed E-state index contributed by atoms with van der Waals surface area (Å²) in [6.45, 7) is 0.833. The molecule has 0 unspecified atom stereocenters. The van der Waals surface area contributed by atoms with Crippen molar-refractivity contribution in [3.05, 3.63) is 44.9 Å². The number of halogens is 1. The summed E-state index contributed by atoms with van der Waals surface area (Å²) < 4.78 is 11.8. The van der Waals surface area contributed by atoms with Gasteiger partial charge in [0.05, 0.1) is 11.6 Å². The summed E-state index contributed by atoms with van der Waals surface area (Å²) in [5.74, 6) is 0.554. The van der Waals surface area contributed by atoms with Crippen LogP contribution >= 0.6 is 22.9 Å². The molecule has 0 atom stereocenters. The second-order valence-corrected chi connectivity index (χ2v) is 5.99. The maximum Gasteiger partial charge on any atom is 0.373 e. The van der Waals surface area contributed by atoms with Gasteiger partial charge in [-0.15, -0.1) is 0 Å². The summed E-state index contributed by atoms with van der Waals surface area (Å²) in [4.78, 5) is 15.6. The van der Waals surface area contributed by atoms with Gasteiger partial charge in [0.2, 0.25) is 5.82 Å². The molecule has 0 amide bonds. The van der Waals surface area contributed by atoms with E-state index in [0.29, 0.717) is 34.6 Å². The second kappa shape index (κ2) is 7.04. The predicted molar refractivity (Wildman–Crippen MR) is 91.8 cm³/mol. The fraction of sp³-hybridized carbons (Fsp3) is 0.214. The predicted octanol–water partition coefficient (Wildman–Crippen LogP) is 3.73. The Morgan fingerprint density at radius 1 is 1.46 bits per heavy atom. The Bertz CT molecular complexity index is 879. The number of aromatic nitrogens is 2. The maximum absolute atomic E-state index is 11.3. The molecule has 0 radical (unpaired) electrons. The molecule has 0 bridgehead atoms. The van der Waals surface area contributed by atoms with Crippen LogP contribution in [0.15, 0.2) is 29.8 Å². The van der Waals surface area contributed by atoms with Crippen LogP contribution < -0.4 is 10.1 Å². The van der Waals surface area contributed by atoms with Crippen LogP contribution in [0.3, 0.4) is 0 Å². The molecule has 0 spiro atoms. The highest BCUT2D eigenvalue weighted by Crippen LogP contribution is 2.33. The number of hydrogen-bond acceptors (Lipinski definition) is 7. The Morgan fingerprint density at radius 3 is 3.00 bits per heavy atom. The lowest BCUT2D eigenvalue weighted by molar-refractivity contribution is -0.389. The summed E-state index contributed by atoms with van der Waals surface area (Å²) in [7, 11) is 1.58. The first kappa shape index (κ1) is 16.5. The molecule has 0 fully saturated rings. The molecular weight excluding hydrogens is 356 g/mol. The van der Waals surface area contributed by atoms with Crippen LogP contribution in [0.2, 0.25) is 5.02 Å². The van der Waals surface area contributed by atoms with Crippen molar-refractivity contribution in [1.29, 1.82) is 0 Å².